The van der Waals surface area contributed by atoms with E-state index in [4.69, 9.17) is 18.0 Å². The van der Waals surface area contributed by atoms with Crippen molar-refractivity contribution >= 4 is 23.0 Å². The Morgan fingerprint density at radius 1 is 1.44 bits per heavy atom. The van der Waals surface area contributed by atoms with Gasteiger partial charge in [-0.15, -0.1) is 0 Å². The van der Waals surface area contributed by atoms with Crippen LogP contribution in [0.15, 0.2) is 4.99 Å². The lowest BCUT2D eigenvalue weighted by Gasteiger charge is -1.93. The zero-order valence-corrected chi connectivity index (χ0v) is 6.66. The number of rotatable bonds is 2. The van der Waals surface area contributed by atoms with E-state index in [0.29, 0.717) is 10.8 Å². The first-order valence-corrected chi connectivity index (χ1v) is 3.47. The minimum absolute atomic E-state index is 0.627. The molecule has 0 fully saturated rings. The van der Waals surface area contributed by atoms with Gasteiger partial charge in [0.15, 0.2) is 0 Å². The van der Waals surface area contributed by atoms with E-state index in [-0.39, 0.29) is 0 Å². The first kappa shape index (κ1) is 8.56. The van der Waals surface area contributed by atoms with Gasteiger partial charge in [-0.05, 0) is 6.42 Å². The fourth-order valence-electron chi connectivity index (χ4n) is 0.318. The van der Waals surface area contributed by atoms with E-state index in [9.17, 15) is 0 Å². The molecule has 0 unspecified atom stereocenters. The van der Waals surface area contributed by atoms with Gasteiger partial charge in [-0.3, -0.25) is 0 Å². The molecule has 0 radical (unpaired) electrons. The Morgan fingerprint density at radius 2 is 2.00 bits per heavy atom. The van der Waals surface area contributed by atoms with Gasteiger partial charge in [-0.2, -0.15) is 0 Å². The number of amidine groups is 1. The van der Waals surface area contributed by atoms with Crippen molar-refractivity contribution in [1.29, 1.82) is 0 Å². The van der Waals surface area contributed by atoms with Crippen molar-refractivity contribution in [3.63, 3.8) is 0 Å². The number of nitrogens with zero attached hydrogens (tertiary/aromatic N) is 1. The standard InChI is InChI=1S/C6H12N2S/c1-3-5(7)8-6(9)4-2/h3-4H2,1-2H3,(H2,7,8,9). The van der Waals surface area contributed by atoms with Crippen LogP contribution in [0.4, 0.5) is 0 Å². The summed E-state index contributed by atoms with van der Waals surface area (Å²) < 4.78 is 0. The van der Waals surface area contributed by atoms with E-state index in [1.165, 1.54) is 0 Å². The molecule has 0 aromatic carbocycles. The third kappa shape index (κ3) is 4.09. The summed E-state index contributed by atoms with van der Waals surface area (Å²) in [7, 11) is 0. The van der Waals surface area contributed by atoms with Gasteiger partial charge in [0, 0.05) is 6.42 Å². The van der Waals surface area contributed by atoms with Crippen LogP contribution in [0.3, 0.4) is 0 Å². The average Bonchev–Trinajstić information content (AvgIpc) is 1.87. The van der Waals surface area contributed by atoms with Gasteiger partial charge >= 0.3 is 0 Å². The highest BCUT2D eigenvalue weighted by Crippen LogP contribution is 1.88. The Labute approximate surface area is 61.2 Å². The molecular formula is C6H12N2S. The van der Waals surface area contributed by atoms with Crippen molar-refractivity contribution in [3.05, 3.63) is 0 Å². The molecule has 0 saturated heterocycles. The summed E-state index contributed by atoms with van der Waals surface area (Å²) in [4.78, 5) is 4.63. The maximum absolute atomic E-state index is 5.41. The average molecular weight is 144 g/mol. The third-order valence-electron chi connectivity index (χ3n) is 0.933. The lowest BCUT2D eigenvalue weighted by molar-refractivity contribution is 1.22. The number of aliphatic imine (C=N–C) groups is 1. The summed E-state index contributed by atoms with van der Waals surface area (Å²) in [6.07, 6.45) is 1.58. The van der Waals surface area contributed by atoms with Crippen molar-refractivity contribution in [2.45, 2.75) is 26.7 Å². The molecule has 2 N–H and O–H groups in total. The largest absolute Gasteiger partial charge is 0.387 e. The normalized spacial score (nSPS) is 11.6. The van der Waals surface area contributed by atoms with Crippen molar-refractivity contribution in [2.24, 2.45) is 10.7 Å². The van der Waals surface area contributed by atoms with Gasteiger partial charge in [0.1, 0.15) is 4.99 Å². The quantitative estimate of drug-likeness (QED) is 0.362. The molecular weight excluding hydrogens is 132 g/mol. The summed E-state index contributed by atoms with van der Waals surface area (Å²) in [6.45, 7) is 3.92. The second-order valence-corrected chi connectivity index (χ2v) is 2.18. The van der Waals surface area contributed by atoms with Gasteiger partial charge in [0.2, 0.25) is 0 Å². The highest BCUT2D eigenvalue weighted by atomic mass is 32.1. The molecule has 9 heavy (non-hydrogen) atoms. The van der Waals surface area contributed by atoms with E-state index >= 15 is 0 Å². The first-order valence-electron chi connectivity index (χ1n) is 3.06. The fraction of sp³-hybridized carbons (Fsp3) is 0.667. The molecule has 2 nitrogen and oxygen atoms in total. The number of hydrogen-bond acceptors (Lipinski definition) is 1. The summed E-state index contributed by atoms with van der Waals surface area (Å²) in [5.74, 6) is 0.627. The molecule has 0 bridgehead atoms. The molecule has 0 saturated carbocycles. The lowest BCUT2D eigenvalue weighted by Crippen LogP contribution is -2.11. The minimum atomic E-state index is 0.627. The van der Waals surface area contributed by atoms with Crippen molar-refractivity contribution in [2.75, 3.05) is 0 Å². The summed E-state index contributed by atoms with van der Waals surface area (Å²) in [6, 6.07) is 0. The summed E-state index contributed by atoms with van der Waals surface area (Å²) in [5.41, 5.74) is 5.41. The van der Waals surface area contributed by atoms with Crippen molar-refractivity contribution in [1.82, 2.24) is 0 Å². The number of hydrogen-bond donors (Lipinski definition) is 1. The Morgan fingerprint density at radius 3 is 2.33 bits per heavy atom. The molecule has 0 aliphatic rings. The highest BCUT2D eigenvalue weighted by molar-refractivity contribution is 7.80. The van der Waals surface area contributed by atoms with Crippen LogP contribution >= 0.6 is 12.2 Å². The Hall–Kier alpha value is -0.440. The van der Waals surface area contributed by atoms with Gasteiger partial charge < -0.3 is 5.73 Å². The SMILES string of the molecule is CCC(=S)N=C(N)CC. The third-order valence-corrected chi connectivity index (χ3v) is 1.31. The zero-order chi connectivity index (χ0) is 7.28. The van der Waals surface area contributed by atoms with Gasteiger partial charge in [0.05, 0.1) is 5.84 Å². The molecule has 0 aliphatic heterocycles. The van der Waals surface area contributed by atoms with Gasteiger partial charge in [-0.25, -0.2) is 4.99 Å². The lowest BCUT2D eigenvalue weighted by atomic mass is 10.4. The Kier molecular flexibility index (Phi) is 4.22. The maximum Gasteiger partial charge on any atom is 0.105 e. The van der Waals surface area contributed by atoms with Crippen LogP contribution in [0.25, 0.3) is 0 Å². The van der Waals surface area contributed by atoms with Gasteiger partial charge in [0.25, 0.3) is 0 Å². The molecule has 0 aromatic heterocycles. The highest BCUT2D eigenvalue weighted by Gasteiger charge is 1.88. The molecule has 0 heterocycles. The van der Waals surface area contributed by atoms with E-state index in [2.05, 4.69) is 4.99 Å². The Bertz CT molecular complexity index is 129. The van der Waals surface area contributed by atoms with E-state index in [1.54, 1.807) is 0 Å². The molecule has 0 aliphatic carbocycles. The maximum atomic E-state index is 5.41. The topological polar surface area (TPSA) is 38.4 Å². The summed E-state index contributed by atoms with van der Waals surface area (Å²) in [5, 5.41) is 0. The molecule has 0 atom stereocenters. The second-order valence-electron chi connectivity index (χ2n) is 1.70. The van der Waals surface area contributed by atoms with E-state index in [0.717, 1.165) is 12.8 Å². The monoisotopic (exact) mass is 144 g/mol. The van der Waals surface area contributed by atoms with Gasteiger partial charge in [-0.1, -0.05) is 26.1 Å². The van der Waals surface area contributed by atoms with Crippen LogP contribution in [-0.4, -0.2) is 10.8 Å². The second kappa shape index (κ2) is 4.44. The fourth-order valence-corrected chi connectivity index (χ4v) is 0.436. The van der Waals surface area contributed by atoms with Crippen LogP contribution < -0.4 is 5.73 Å². The van der Waals surface area contributed by atoms with Crippen LogP contribution in [0, 0.1) is 0 Å². The van der Waals surface area contributed by atoms with Crippen LogP contribution in [0.2, 0.25) is 0 Å². The van der Waals surface area contributed by atoms with Crippen LogP contribution in [0.1, 0.15) is 26.7 Å². The van der Waals surface area contributed by atoms with Crippen LogP contribution in [0.5, 0.6) is 0 Å². The number of nitrogens with two attached hydrogens (primary N) is 1. The molecule has 52 valence electrons. The first-order chi connectivity index (χ1) is 4.20. The molecule has 0 aromatic rings. The predicted octanol–water partition coefficient (Wildman–Crippen LogP) is 1.49. The molecule has 0 amide bonds. The molecule has 0 spiro atoms. The smallest absolute Gasteiger partial charge is 0.105 e. The molecule has 3 heteroatoms. The van der Waals surface area contributed by atoms with E-state index in [1.807, 2.05) is 13.8 Å². The molecule has 0 rings (SSSR count). The number of thiocarbonyl (C=S) groups is 1. The van der Waals surface area contributed by atoms with Crippen LogP contribution in [-0.2, 0) is 0 Å². The van der Waals surface area contributed by atoms with Crippen molar-refractivity contribution < 1.29 is 0 Å². The summed E-state index contributed by atoms with van der Waals surface area (Å²) >= 11 is 4.83. The zero-order valence-electron chi connectivity index (χ0n) is 5.85. The minimum Gasteiger partial charge on any atom is -0.387 e. The van der Waals surface area contributed by atoms with Crippen molar-refractivity contribution in [3.8, 4) is 0 Å². The predicted molar refractivity (Wildman–Crippen MR) is 44.8 cm³/mol. The Balaban J connectivity index is 3.79. The van der Waals surface area contributed by atoms with E-state index < -0.39 is 0 Å².